The molecule has 25 heavy (non-hydrogen) atoms. The largest absolute Gasteiger partial charge is 0.475 e. The molecule has 132 valence electrons. The van der Waals surface area contributed by atoms with Gasteiger partial charge >= 0.3 is 5.97 Å². The number of carboxylic acid groups (broad SMARTS) is 1. The lowest BCUT2D eigenvalue weighted by Gasteiger charge is -2.18. The second kappa shape index (κ2) is 8.14. The highest BCUT2D eigenvalue weighted by molar-refractivity contribution is 5.84. The molecule has 0 aliphatic rings. The monoisotopic (exact) mass is 344 g/mol. The van der Waals surface area contributed by atoms with E-state index in [1.807, 2.05) is 31.2 Å². The Morgan fingerprint density at radius 3 is 2.36 bits per heavy atom. The van der Waals surface area contributed by atoms with E-state index >= 15 is 0 Å². The van der Waals surface area contributed by atoms with Crippen LogP contribution in [0.4, 0.5) is 0 Å². The average Bonchev–Trinajstić information content (AvgIpc) is 3.02. The Morgan fingerprint density at radius 1 is 1.12 bits per heavy atom. The van der Waals surface area contributed by atoms with E-state index in [0.717, 1.165) is 11.1 Å². The fraction of sp³-hybridized carbons (Fsp3) is 0.278. The minimum absolute atomic E-state index is 0.0646. The molecule has 7 heteroatoms. The number of aromatic carboxylic acids is 1. The summed E-state index contributed by atoms with van der Waals surface area (Å²) < 4.78 is 5.08. The smallest absolute Gasteiger partial charge is 0.371 e. The van der Waals surface area contributed by atoms with Crippen molar-refractivity contribution in [3.05, 3.63) is 59.0 Å². The molecule has 1 aromatic carbocycles. The van der Waals surface area contributed by atoms with E-state index in [9.17, 15) is 14.4 Å². The molecule has 0 aliphatic heterocycles. The summed E-state index contributed by atoms with van der Waals surface area (Å²) in [4.78, 5) is 34.3. The van der Waals surface area contributed by atoms with Crippen molar-refractivity contribution >= 4 is 17.8 Å². The SMILES string of the molecule is CC(=O)NC(CC(=O)NCc1ccc(C(=O)O)o1)c1ccc(C)cc1. The molecule has 0 saturated heterocycles. The Labute approximate surface area is 145 Å². The maximum atomic E-state index is 12.2. The van der Waals surface area contributed by atoms with E-state index < -0.39 is 12.0 Å². The van der Waals surface area contributed by atoms with Crippen molar-refractivity contribution in [3.8, 4) is 0 Å². The number of amides is 2. The zero-order valence-corrected chi connectivity index (χ0v) is 14.0. The normalized spacial score (nSPS) is 11.6. The number of nitrogens with one attached hydrogen (secondary N) is 2. The van der Waals surface area contributed by atoms with E-state index in [-0.39, 0.29) is 30.5 Å². The third kappa shape index (κ3) is 5.49. The first-order chi connectivity index (χ1) is 11.8. The van der Waals surface area contributed by atoms with Crippen LogP contribution in [-0.2, 0) is 16.1 Å². The highest BCUT2D eigenvalue weighted by Gasteiger charge is 2.17. The number of furan rings is 1. The number of aryl methyl sites for hydroxylation is 1. The van der Waals surface area contributed by atoms with Gasteiger partial charge in [0.15, 0.2) is 0 Å². The third-order valence-corrected chi connectivity index (χ3v) is 3.58. The fourth-order valence-corrected chi connectivity index (χ4v) is 2.33. The van der Waals surface area contributed by atoms with Crippen LogP contribution < -0.4 is 10.6 Å². The first kappa shape index (κ1) is 18.3. The maximum Gasteiger partial charge on any atom is 0.371 e. The summed E-state index contributed by atoms with van der Waals surface area (Å²) in [5.74, 6) is -1.51. The van der Waals surface area contributed by atoms with Gasteiger partial charge in [-0.25, -0.2) is 4.79 Å². The predicted octanol–water partition coefficient (Wildman–Crippen LogP) is 2.17. The van der Waals surface area contributed by atoms with Gasteiger partial charge in [0.1, 0.15) is 5.76 Å². The molecule has 0 aliphatic carbocycles. The van der Waals surface area contributed by atoms with Gasteiger partial charge in [0.2, 0.25) is 17.6 Å². The van der Waals surface area contributed by atoms with E-state index in [0.29, 0.717) is 5.76 Å². The summed E-state index contributed by atoms with van der Waals surface area (Å²) in [6.07, 6.45) is 0.0646. The van der Waals surface area contributed by atoms with E-state index in [1.54, 1.807) is 0 Å². The van der Waals surface area contributed by atoms with Gasteiger partial charge in [-0.15, -0.1) is 0 Å². The molecule has 0 bridgehead atoms. The van der Waals surface area contributed by atoms with Crippen LogP contribution in [0.25, 0.3) is 0 Å². The van der Waals surface area contributed by atoms with Crippen molar-refractivity contribution in [1.29, 1.82) is 0 Å². The van der Waals surface area contributed by atoms with Crippen molar-refractivity contribution in [2.45, 2.75) is 32.9 Å². The van der Waals surface area contributed by atoms with Crippen LogP contribution in [0.3, 0.4) is 0 Å². The van der Waals surface area contributed by atoms with E-state index in [2.05, 4.69) is 10.6 Å². The quantitative estimate of drug-likeness (QED) is 0.713. The summed E-state index contributed by atoms with van der Waals surface area (Å²) in [5.41, 5.74) is 1.92. The van der Waals surface area contributed by atoms with Crippen molar-refractivity contribution < 1.29 is 23.9 Å². The van der Waals surface area contributed by atoms with Gasteiger partial charge in [0.05, 0.1) is 19.0 Å². The molecular weight excluding hydrogens is 324 g/mol. The molecule has 0 fully saturated rings. The number of benzene rings is 1. The second-order valence-electron chi connectivity index (χ2n) is 5.72. The Balaban J connectivity index is 1.97. The van der Waals surface area contributed by atoms with Crippen molar-refractivity contribution in [3.63, 3.8) is 0 Å². The van der Waals surface area contributed by atoms with Crippen LogP contribution in [0.5, 0.6) is 0 Å². The van der Waals surface area contributed by atoms with Crippen molar-refractivity contribution in [2.24, 2.45) is 0 Å². The fourth-order valence-electron chi connectivity index (χ4n) is 2.33. The standard InChI is InChI=1S/C18H20N2O5/c1-11-3-5-13(6-4-11)15(20-12(2)21)9-17(22)19-10-14-7-8-16(25-14)18(23)24/h3-8,15H,9-10H2,1-2H3,(H,19,22)(H,20,21)(H,23,24). The van der Waals surface area contributed by atoms with Crippen LogP contribution >= 0.6 is 0 Å². The minimum atomic E-state index is -1.16. The molecule has 1 heterocycles. The van der Waals surface area contributed by atoms with Gasteiger partial charge in [0.25, 0.3) is 0 Å². The Hall–Kier alpha value is -3.09. The van der Waals surface area contributed by atoms with Crippen LogP contribution in [0.1, 0.15) is 46.8 Å². The van der Waals surface area contributed by atoms with E-state index in [4.69, 9.17) is 9.52 Å². The summed E-state index contributed by atoms with van der Waals surface area (Å²) in [7, 11) is 0. The molecule has 2 rings (SSSR count). The van der Waals surface area contributed by atoms with Crippen LogP contribution in [0.2, 0.25) is 0 Å². The highest BCUT2D eigenvalue weighted by Crippen LogP contribution is 2.18. The summed E-state index contributed by atoms with van der Waals surface area (Å²) in [6, 6.07) is 9.95. The number of carboxylic acids is 1. The molecule has 3 N–H and O–H groups in total. The van der Waals surface area contributed by atoms with Gasteiger partial charge < -0.3 is 20.2 Å². The van der Waals surface area contributed by atoms with Crippen LogP contribution in [0, 0.1) is 6.92 Å². The lowest BCUT2D eigenvalue weighted by Crippen LogP contribution is -2.32. The molecule has 0 saturated carbocycles. The van der Waals surface area contributed by atoms with E-state index in [1.165, 1.54) is 19.1 Å². The number of hydrogen-bond donors (Lipinski definition) is 3. The van der Waals surface area contributed by atoms with Gasteiger partial charge in [-0.2, -0.15) is 0 Å². The number of rotatable bonds is 7. The molecule has 2 aromatic rings. The molecular formula is C18H20N2O5. The summed E-state index contributed by atoms with van der Waals surface area (Å²) >= 11 is 0. The molecule has 1 unspecified atom stereocenters. The molecule has 7 nitrogen and oxygen atoms in total. The third-order valence-electron chi connectivity index (χ3n) is 3.58. The zero-order valence-electron chi connectivity index (χ0n) is 14.0. The topological polar surface area (TPSA) is 109 Å². The lowest BCUT2D eigenvalue weighted by atomic mass is 10.0. The molecule has 1 aromatic heterocycles. The van der Waals surface area contributed by atoms with Crippen molar-refractivity contribution in [1.82, 2.24) is 10.6 Å². The van der Waals surface area contributed by atoms with Gasteiger partial charge in [-0.05, 0) is 24.6 Å². The van der Waals surface area contributed by atoms with Gasteiger partial charge in [-0.1, -0.05) is 29.8 Å². The lowest BCUT2D eigenvalue weighted by molar-refractivity contribution is -0.123. The maximum absolute atomic E-state index is 12.2. The van der Waals surface area contributed by atoms with Gasteiger partial charge in [0, 0.05) is 6.92 Å². The average molecular weight is 344 g/mol. The summed E-state index contributed by atoms with van der Waals surface area (Å²) in [5, 5.41) is 14.2. The van der Waals surface area contributed by atoms with Crippen LogP contribution in [-0.4, -0.2) is 22.9 Å². The van der Waals surface area contributed by atoms with Crippen LogP contribution in [0.15, 0.2) is 40.8 Å². The predicted molar refractivity (Wildman–Crippen MR) is 89.9 cm³/mol. The zero-order chi connectivity index (χ0) is 18.4. The number of carbonyl (C=O) groups is 3. The minimum Gasteiger partial charge on any atom is -0.475 e. The second-order valence-corrected chi connectivity index (χ2v) is 5.72. The first-order valence-corrected chi connectivity index (χ1v) is 7.77. The first-order valence-electron chi connectivity index (χ1n) is 7.77. The van der Waals surface area contributed by atoms with Crippen molar-refractivity contribution in [2.75, 3.05) is 0 Å². The Bertz CT molecular complexity index is 764. The molecule has 0 radical (unpaired) electrons. The Kier molecular flexibility index (Phi) is 5.94. The highest BCUT2D eigenvalue weighted by atomic mass is 16.4. The Morgan fingerprint density at radius 2 is 1.80 bits per heavy atom. The molecule has 1 atom stereocenters. The molecule has 2 amide bonds. The number of carbonyl (C=O) groups excluding carboxylic acids is 2. The number of hydrogen-bond acceptors (Lipinski definition) is 4. The summed E-state index contributed by atoms with van der Waals surface area (Å²) in [6.45, 7) is 3.43. The molecule has 0 spiro atoms. The van der Waals surface area contributed by atoms with Gasteiger partial charge in [-0.3, -0.25) is 9.59 Å².